The monoisotopic (exact) mass is 272 g/mol. The van der Waals surface area contributed by atoms with E-state index >= 15 is 0 Å². The SMILES string of the molecule is CCOc1ccc(OCC(=O)Nc2cccnc2)cc1. The maximum Gasteiger partial charge on any atom is 0.262 e. The molecular weight excluding hydrogens is 256 g/mol. The number of ether oxygens (including phenoxy) is 2. The van der Waals surface area contributed by atoms with Gasteiger partial charge in [0.05, 0.1) is 18.5 Å². The molecule has 0 bridgehead atoms. The second-order valence-corrected chi connectivity index (χ2v) is 3.98. The molecular formula is C15H16N2O3. The van der Waals surface area contributed by atoms with E-state index in [2.05, 4.69) is 10.3 Å². The summed E-state index contributed by atoms with van der Waals surface area (Å²) >= 11 is 0. The standard InChI is InChI=1S/C15H16N2O3/c1-2-19-13-5-7-14(8-6-13)20-11-15(18)17-12-4-3-9-16-10-12/h3-10H,2,11H2,1H3,(H,17,18). The van der Waals surface area contributed by atoms with E-state index in [-0.39, 0.29) is 12.5 Å². The first-order chi connectivity index (χ1) is 9.78. The van der Waals surface area contributed by atoms with Gasteiger partial charge in [-0.3, -0.25) is 9.78 Å². The van der Waals surface area contributed by atoms with E-state index in [1.54, 1.807) is 48.8 Å². The Bertz CT molecular complexity index is 541. The minimum atomic E-state index is -0.230. The largest absolute Gasteiger partial charge is 0.494 e. The van der Waals surface area contributed by atoms with Crippen molar-refractivity contribution in [2.75, 3.05) is 18.5 Å². The molecule has 0 fully saturated rings. The summed E-state index contributed by atoms with van der Waals surface area (Å²) in [5.74, 6) is 1.17. The number of rotatable bonds is 6. The van der Waals surface area contributed by atoms with Crippen LogP contribution in [0.4, 0.5) is 5.69 Å². The molecule has 0 saturated carbocycles. The van der Waals surface area contributed by atoms with Gasteiger partial charge in [-0.25, -0.2) is 0 Å². The summed E-state index contributed by atoms with van der Waals surface area (Å²) in [6.45, 7) is 2.49. The summed E-state index contributed by atoms with van der Waals surface area (Å²) in [5, 5.41) is 2.69. The molecule has 0 saturated heterocycles. The Morgan fingerprint density at radius 2 is 1.85 bits per heavy atom. The van der Waals surface area contributed by atoms with Crippen molar-refractivity contribution < 1.29 is 14.3 Å². The summed E-state index contributed by atoms with van der Waals surface area (Å²) in [6.07, 6.45) is 3.22. The number of anilines is 1. The molecule has 1 heterocycles. The Hall–Kier alpha value is -2.56. The molecule has 1 aromatic carbocycles. The molecule has 5 heteroatoms. The van der Waals surface area contributed by atoms with Crippen LogP contribution < -0.4 is 14.8 Å². The van der Waals surface area contributed by atoms with Crippen LogP contribution in [0.5, 0.6) is 11.5 Å². The Kier molecular flexibility index (Phi) is 4.94. The average molecular weight is 272 g/mol. The molecule has 2 rings (SSSR count). The van der Waals surface area contributed by atoms with Crippen LogP contribution in [-0.4, -0.2) is 24.1 Å². The first-order valence-corrected chi connectivity index (χ1v) is 6.33. The molecule has 0 spiro atoms. The van der Waals surface area contributed by atoms with Gasteiger partial charge in [-0.15, -0.1) is 0 Å². The number of hydrogen-bond acceptors (Lipinski definition) is 4. The van der Waals surface area contributed by atoms with Gasteiger partial charge in [0, 0.05) is 6.20 Å². The van der Waals surface area contributed by atoms with Crippen LogP contribution in [0.1, 0.15) is 6.92 Å². The number of pyridine rings is 1. The third-order valence-corrected chi connectivity index (χ3v) is 2.45. The van der Waals surface area contributed by atoms with E-state index in [4.69, 9.17) is 9.47 Å². The summed E-state index contributed by atoms with van der Waals surface area (Å²) in [7, 11) is 0. The predicted molar refractivity (Wildman–Crippen MR) is 76.0 cm³/mol. The van der Waals surface area contributed by atoms with Gasteiger partial charge < -0.3 is 14.8 Å². The fraction of sp³-hybridized carbons (Fsp3) is 0.200. The van der Waals surface area contributed by atoms with Crippen LogP contribution in [0.15, 0.2) is 48.8 Å². The number of benzene rings is 1. The van der Waals surface area contributed by atoms with Gasteiger partial charge in [-0.2, -0.15) is 0 Å². The van der Waals surface area contributed by atoms with Crippen LogP contribution >= 0.6 is 0 Å². The molecule has 5 nitrogen and oxygen atoms in total. The zero-order chi connectivity index (χ0) is 14.2. The van der Waals surface area contributed by atoms with Gasteiger partial charge >= 0.3 is 0 Å². The fourth-order valence-electron chi connectivity index (χ4n) is 1.58. The van der Waals surface area contributed by atoms with E-state index in [1.807, 2.05) is 6.92 Å². The van der Waals surface area contributed by atoms with Crippen molar-refractivity contribution in [2.45, 2.75) is 6.92 Å². The van der Waals surface area contributed by atoms with Gasteiger partial charge in [-0.05, 0) is 43.3 Å². The van der Waals surface area contributed by atoms with Crippen molar-refractivity contribution in [1.29, 1.82) is 0 Å². The highest BCUT2D eigenvalue weighted by molar-refractivity contribution is 5.91. The minimum absolute atomic E-state index is 0.0527. The third kappa shape index (κ3) is 4.28. The molecule has 0 aliphatic carbocycles. The summed E-state index contributed by atoms with van der Waals surface area (Å²) in [4.78, 5) is 15.6. The van der Waals surface area contributed by atoms with Gasteiger partial charge in [0.25, 0.3) is 5.91 Å². The van der Waals surface area contributed by atoms with Crippen LogP contribution in [0, 0.1) is 0 Å². The lowest BCUT2D eigenvalue weighted by Crippen LogP contribution is -2.20. The van der Waals surface area contributed by atoms with Crippen LogP contribution in [0.3, 0.4) is 0 Å². The van der Waals surface area contributed by atoms with Crippen molar-refractivity contribution >= 4 is 11.6 Å². The van der Waals surface area contributed by atoms with Crippen LogP contribution in [-0.2, 0) is 4.79 Å². The smallest absolute Gasteiger partial charge is 0.262 e. The molecule has 1 aromatic heterocycles. The first-order valence-electron chi connectivity index (χ1n) is 6.33. The van der Waals surface area contributed by atoms with Crippen molar-refractivity contribution in [2.24, 2.45) is 0 Å². The number of carbonyl (C=O) groups excluding carboxylic acids is 1. The first kappa shape index (κ1) is 13.9. The third-order valence-electron chi connectivity index (χ3n) is 2.45. The highest BCUT2D eigenvalue weighted by Crippen LogP contribution is 2.17. The summed E-state index contributed by atoms with van der Waals surface area (Å²) in [6, 6.07) is 10.7. The molecule has 0 atom stereocenters. The minimum Gasteiger partial charge on any atom is -0.494 e. The van der Waals surface area contributed by atoms with E-state index in [9.17, 15) is 4.79 Å². The molecule has 0 unspecified atom stereocenters. The molecule has 1 amide bonds. The lowest BCUT2D eigenvalue weighted by molar-refractivity contribution is -0.118. The highest BCUT2D eigenvalue weighted by Gasteiger charge is 2.03. The van der Waals surface area contributed by atoms with Crippen molar-refractivity contribution in [1.82, 2.24) is 4.98 Å². The predicted octanol–water partition coefficient (Wildman–Crippen LogP) is 2.50. The zero-order valence-corrected chi connectivity index (χ0v) is 11.2. The van der Waals surface area contributed by atoms with E-state index < -0.39 is 0 Å². The normalized spacial score (nSPS) is 9.85. The molecule has 0 radical (unpaired) electrons. The number of aromatic nitrogens is 1. The topological polar surface area (TPSA) is 60.5 Å². The van der Waals surface area contributed by atoms with Crippen molar-refractivity contribution in [3.05, 3.63) is 48.8 Å². The molecule has 0 aliphatic rings. The Morgan fingerprint density at radius 1 is 1.15 bits per heavy atom. The molecule has 0 aliphatic heterocycles. The Morgan fingerprint density at radius 3 is 2.45 bits per heavy atom. The number of amides is 1. The average Bonchev–Trinajstić information content (AvgIpc) is 2.48. The van der Waals surface area contributed by atoms with Gasteiger partial charge in [0.15, 0.2) is 6.61 Å². The van der Waals surface area contributed by atoms with Gasteiger partial charge in [0.2, 0.25) is 0 Å². The quantitative estimate of drug-likeness (QED) is 0.877. The number of hydrogen-bond donors (Lipinski definition) is 1. The van der Waals surface area contributed by atoms with E-state index in [0.29, 0.717) is 18.0 Å². The molecule has 1 N–H and O–H groups in total. The lowest BCUT2D eigenvalue weighted by atomic mass is 10.3. The highest BCUT2D eigenvalue weighted by atomic mass is 16.5. The second kappa shape index (κ2) is 7.13. The Labute approximate surface area is 117 Å². The van der Waals surface area contributed by atoms with Crippen molar-refractivity contribution in [3.63, 3.8) is 0 Å². The van der Waals surface area contributed by atoms with E-state index in [0.717, 1.165) is 5.75 Å². The summed E-state index contributed by atoms with van der Waals surface area (Å²) in [5.41, 5.74) is 0.646. The number of carbonyl (C=O) groups is 1. The van der Waals surface area contributed by atoms with Crippen LogP contribution in [0.25, 0.3) is 0 Å². The molecule has 104 valence electrons. The Balaban J connectivity index is 1.81. The van der Waals surface area contributed by atoms with E-state index in [1.165, 1.54) is 0 Å². The van der Waals surface area contributed by atoms with Gasteiger partial charge in [-0.1, -0.05) is 0 Å². The summed E-state index contributed by atoms with van der Waals surface area (Å²) < 4.78 is 10.7. The van der Waals surface area contributed by atoms with Crippen molar-refractivity contribution in [3.8, 4) is 11.5 Å². The maximum absolute atomic E-state index is 11.7. The lowest BCUT2D eigenvalue weighted by Gasteiger charge is -2.08. The maximum atomic E-state index is 11.7. The molecule has 2 aromatic rings. The fourth-order valence-corrected chi connectivity index (χ4v) is 1.58. The number of nitrogens with one attached hydrogen (secondary N) is 1. The number of nitrogens with zero attached hydrogens (tertiary/aromatic N) is 1. The zero-order valence-electron chi connectivity index (χ0n) is 11.2. The van der Waals surface area contributed by atoms with Crippen LogP contribution in [0.2, 0.25) is 0 Å². The van der Waals surface area contributed by atoms with Gasteiger partial charge in [0.1, 0.15) is 11.5 Å². The molecule has 20 heavy (non-hydrogen) atoms. The second-order valence-electron chi connectivity index (χ2n) is 3.98.